The van der Waals surface area contributed by atoms with Gasteiger partial charge >= 0.3 is 0 Å². The molecule has 3 aromatic rings. The van der Waals surface area contributed by atoms with Gasteiger partial charge < -0.3 is 5.32 Å². The van der Waals surface area contributed by atoms with E-state index in [1.165, 1.54) is 18.2 Å². The van der Waals surface area contributed by atoms with E-state index in [9.17, 15) is 26.4 Å². The van der Waals surface area contributed by atoms with Crippen LogP contribution in [-0.4, -0.2) is 41.9 Å². The van der Waals surface area contributed by atoms with Crippen LogP contribution >= 0.6 is 11.3 Å². The number of carbonyl (C=O) groups excluding carboxylic acids is 1. The molecule has 1 amide bonds. The van der Waals surface area contributed by atoms with Gasteiger partial charge in [0.25, 0.3) is 5.91 Å². The Morgan fingerprint density at radius 1 is 1.09 bits per heavy atom. The highest BCUT2D eigenvalue weighted by atomic mass is 32.2. The van der Waals surface area contributed by atoms with E-state index in [4.69, 9.17) is 0 Å². The number of hydrogen-bond acceptors (Lipinski definition) is 6. The van der Waals surface area contributed by atoms with Crippen molar-refractivity contribution in [2.45, 2.75) is 23.7 Å². The standard InChI is InChI=1S/C20H17F3N4O3S2/c21-13-4-1-5-15(9-13)24-18(28)20-26-25-19(31-20)12-3-2-8-27(11-12)32(29,30)17-7-6-14(22)10-16(17)23/h1,4-7,9-10,12H,2-3,8,11H2,(H,24,28)/t12-/m1/s1. The Morgan fingerprint density at radius 3 is 2.62 bits per heavy atom. The third kappa shape index (κ3) is 4.66. The van der Waals surface area contributed by atoms with Gasteiger partial charge in [0.05, 0.1) is 0 Å². The molecule has 2 aromatic carbocycles. The lowest BCUT2D eigenvalue weighted by Gasteiger charge is -2.30. The molecule has 1 fully saturated rings. The van der Waals surface area contributed by atoms with Crippen molar-refractivity contribution in [2.24, 2.45) is 0 Å². The molecule has 0 spiro atoms. The first kappa shape index (κ1) is 22.4. The first-order valence-corrected chi connectivity index (χ1v) is 11.9. The minimum Gasteiger partial charge on any atom is -0.320 e. The summed E-state index contributed by atoms with van der Waals surface area (Å²) in [6, 6.07) is 7.73. The summed E-state index contributed by atoms with van der Waals surface area (Å²) in [5.74, 6) is -3.42. The van der Waals surface area contributed by atoms with Gasteiger partial charge in [0.1, 0.15) is 27.4 Å². The largest absolute Gasteiger partial charge is 0.320 e. The number of amides is 1. The van der Waals surface area contributed by atoms with Crippen molar-refractivity contribution in [3.05, 3.63) is 69.9 Å². The summed E-state index contributed by atoms with van der Waals surface area (Å²) in [4.78, 5) is 11.8. The Bertz CT molecular complexity index is 1270. The molecule has 1 aliphatic heterocycles. The van der Waals surface area contributed by atoms with Crippen LogP contribution in [0.25, 0.3) is 0 Å². The van der Waals surface area contributed by atoms with Crippen LogP contribution in [0.4, 0.5) is 18.9 Å². The van der Waals surface area contributed by atoms with Crippen LogP contribution in [0.5, 0.6) is 0 Å². The lowest BCUT2D eigenvalue weighted by Crippen LogP contribution is -2.39. The van der Waals surface area contributed by atoms with Crippen molar-refractivity contribution >= 4 is 33.0 Å². The van der Waals surface area contributed by atoms with E-state index in [1.54, 1.807) is 0 Å². The monoisotopic (exact) mass is 482 g/mol. The van der Waals surface area contributed by atoms with E-state index in [1.807, 2.05) is 0 Å². The molecule has 0 unspecified atom stereocenters. The number of piperidine rings is 1. The van der Waals surface area contributed by atoms with Gasteiger partial charge in [0.2, 0.25) is 15.0 Å². The highest BCUT2D eigenvalue weighted by molar-refractivity contribution is 7.89. The zero-order valence-corrected chi connectivity index (χ0v) is 18.1. The summed E-state index contributed by atoms with van der Waals surface area (Å²) in [7, 11) is -4.17. The van der Waals surface area contributed by atoms with Crippen molar-refractivity contribution in [2.75, 3.05) is 18.4 Å². The van der Waals surface area contributed by atoms with E-state index < -0.39 is 38.3 Å². The number of carbonyl (C=O) groups is 1. The summed E-state index contributed by atoms with van der Waals surface area (Å²) in [6.07, 6.45) is 1.11. The SMILES string of the molecule is O=C(Nc1cccc(F)c1)c1nnc([C@@H]2CCCN(S(=O)(=O)c3ccc(F)cc3F)C2)s1. The van der Waals surface area contributed by atoms with Crippen LogP contribution in [0.3, 0.4) is 0 Å². The van der Waals surface area contributed by atoms with Crippen LogP contribution < -0.4 is 5.32 Å². The molecule has 2 heterocycles. The molecule has 0 bridgehead atoms. The predicted octanol–water partition coefficient (Wildman–Crippen LogP) is 3.78. The van der Waals surface area contributed by atoms with Gasteiger partial charge in [-0.15, -0.1) is 10.2 Å². The Morgan fingerprint density at radius 2 is 1.88 bits per heavy atom. The lowest BCUT2D eigenvalue weighted by molar-refractivity contribution is 0.102. The summed E-state index contributed by atoms with van der Waals surface area (Å²) in [6.45, 7) is 0.209. The van der Waals surface area contributed by atoms with Gasteiger partial charge in [-0.05, 0) is 43.2 Å². The first-order valence-electron chi connectivity index (χ1n) is 9.59. The van der Waals surface area contributed by atoms with Gasteiger partial charge in [0, 0.05) is 30.8 Å². The molecule has 0 radical (unpaired) electrons. The first-order chi connectivity index (χ1) is 15.2. The maximum atomic E-state index is 14.1. The van der Waals surface area contributed by atoms with Crippen LogP contribution in [0, 0.1) is 17.5 Å². The van der Waals surface area contributed by atoms with E-state index in [2.05, 4.69) is 15.5 Å². The summed E-state index contributed by atoms with van der Waals surface area (Å²) >= 11 is 1.01. The quantitative estimate of drug-likeness (QED) is 0.598. The molecule has 32 heavy (non-hydrogen) atoms. The van der Waals surface area contributed by atoms with Crippen molar-refractivity contribution in [3.8, 4) is 0 Å². The second kappa shape index (κ2) is 8.96. The number of benzene rings is 2. The normalized spacial score (nSPS) is 17.3. The molecule has 1 N–H and O–H groups in total. The molecule has 4 rings (SSSR count). The fraction of sp³-hybridized carbons (Fsp3) is 0.250. The molecule has 0 saturated carbocycles. The average molecular weight is 483 g/mol. The number of rotatable bonds is 5. The topological polar surface area (TPSA) is 92.3 Å². The van der Waals surface area contributed by atoms with Crippen LogP contribution in [0.15, 0.2) is 47.4 Å². The lowest BCUT2D eigenvalue weighted by atomic mass is 10.0. The van der Waals surface area contributed by atoms with Gasteiger partial charge in [-0.2, -0.15) is 4.31 Å². The van der Waals surface area contributed by atoms with Gasteiger partial charge in [0.15, 0.2) is 0 Å². The number of nitrogens with zero attached hydrogens (tertiary/aromatic N) is 3. The highest BCUT2D eigenvalue weighted by Crippen LogP contribution is 2.32. The van der Waals surface area contributed by atoms with Crippen LogP contribution in [0.1, 0.15) is 33.6 Å². The van der Waals surface area contributed by atoms with E-state index >= 15 is 0 Å². The molecule has 1 saturated heterocycles. The van der Waals surface area contributed by atoms with Crippen molar-refractivity contribution in [1.82, 2.24) is 14.5 Å². The highest BCUT2D eigenvalue weighted by Gasteiger charge is 2.34. The van der Waals surface area contributed by atoms with Crippen molar-refractivity contribution in [3.63, 3.8) is 0 Å². The van der Waals surface area contributed by atoms with Crippen LogP contribution in [0.2, 0.25) is 0 Å². The third-order valence-electron chi connectivity index (χ3n) is 4.96. The number of aromatic nitrogens is 2. The molecular weight excluding hydrogens is 465 g/mol. The fourth-order valence-corrected chi connectivity index (χ4v) is 5.86. The number of sulfonamides is 1. The smallest absolute Gasteiger partial charge is 0.286 e. The van der Waals surface area contributed by atoms with Gasteiger partial charge in [-0.25, -0.2) is 21.6 Å². The summed E-state index contributed by atoms with van der Waals surface area (Å²) < 4.78 is 67.4. The number of halogens is 3. The Labute approximate surface area is 186 Å². The van der Waals surface area contributed by atoms with E-state index in [-0.39, 0.29) is 29.7 Å². The molecule has 168 valence electrons. The van der Waals surface area contributed by atoms with E-state index in [0.717, 1.165) is 33.8 Å². The molecular formula is C20H17F3N4O3S2. The third-order valence-corrected chi connectivity index (χ3v) is 7.95. The van der Waals surface area contributed by atoms with Gasteiger partial charge in [-0.1, -0.05) is 17.4 Å². The Kier molecular flexibility index (Phi) is 6.26. The number of hydrogen-bond donors (Lipinski definition) is 1. The minimum absolute atomic E-state index is 0.0271. The molecule has 1 aromatic heterocycles. The maximum Gasteiger partial charge on any atom is 0.286 e. The molecule has 7 nitrogen and oxygen atoms in total. The zero-order valence-electron chi connectivity index (χ0n) is 16.5. The van der Waals surface area contributed by atoms with Crippen molar-refractivity contribution in [1.29, 1.82) is 0 Å². The maximum absolute atomic E-state index is 14.1. The minimum atomic E-state index is -4.17. The van der Waals surface area contributed by atoms with Crippen molar-refractivity contribution < 1.29 is 26.4 Å². The Balaban J connectivity index is 1.49. The summed E-state index contributed by atoms with van der Waals surface area (Å²) in [5.41, 5.74) is 0.267. The Hall–Kier alpha value is -2.83. The second-order valence-corrected chi connectivity index (χ2v) is 10.1. The second-order valence-electron chi connectivity index (χ2n) is 7.19. The number of nitrogens with one attached hydrogen (secondary N) is 1. The number of anilines is 1. The zero-order chi connectivity index (χ0) is 22.9. The van der Waals surface area contributed by atoms with E-state index in [0.29, 0.717) is 23.9 Å². The average Bonchev–Trinajstić information content (AvgIpc) is 3.24. The fourth-order valence-electron chi connectivity index (χ4n) is 3.43. The predicted molar refractivity (Wildman–Crippen MR) is 111 cm³/mol. The molecule has 0 aliphatic carbocycles. The van der Waals surface area contributed by atoms with Gasteiger partial charge in [-0.3, -0.25) is 4.79 Å². The molecule has 1 atom stereocenters. The van der Waals surface area contributed by atoms with Crippen LogP contribution in [-0.2, 0) is 10.0 Å². The molecule has 1 aliphatic rings. The molecule has 12 heteroatoms. The summed E-state index contributed by atoms with van der Waals surface area (Å²) in [5, 5.41) is 10.9.